The number of methoxy groups -OCH3 is 1. The summed E-state index contributed by atoms with van der Waals surface area (Å²) in [7, 11) is 1.61. The lowest BCUT2D eigenvalue weighted by molar-refractivity contribution is -0.00204. The van der Waals surface area contributed by atoms with Crippen LogP contribution in [0.1, 0.15) is 38.2 Å². The van der Waals surface area contributed by atoms with E-state index in [2.05, 4.69) is 10.3 Å². The van der Waals surface area contributed by atoms with Crippen molar-refractivity contribution in [2.45, 2.75) is 19.3 Å². The maximum Gasteiger partial charge on any atom is 0.276 e. The van der Waals surface area contributed by atoms with Crippen LogP contribution in [0.3, 0.4) is 0 Å². The van der Waals surface area contributed by atoms with E-state index in [9.17, 15) is 18.4 Å². The summed E-state index contributed by atoms with van der Waals surface area (Å²) in [5.74, 6) is -1.62. The van der Waals surface area contributed by atoms with Gasteiger partial charge in [-0.1, -0.05) is 17.3 Å². The van der Waals surface area contributed by atoms with Crippen molar-refractivity contribution in [2.24, 2.45) is 0 Å². The molecule has 3 heterocycles. The first kappa shape index (κ1) is 22.9. The molecule has 1 atom stereocenters. The first-order valence-electron chi connectivity index (χ1n) is 11.2. The van der Waals surface area contributed by atoms with Crippen molar-refractivity contribution >= 4 is 11.8 Å². The summed E-state index contributed by atoms with van der Waals surface area (Å²) in [6, 6.07) is 10.3. The standard InChI is InChI=1S/C24H23F2N5O4/c1-34-17-5-2-15(3-6-17)21-13-31-20(14-35-21)22(27-28-31)24(33)30-10-8-29(9-11-30)23(32)18-12-16(25)4-7-19(18)26/h2-7,12,21H,8-11,13-14H2,1H3/t21-/m0/s1. The average molecular weight is 483 g/mol. The Morgan fingerprint density at radius 3 is 2.37 bits per heavy atom. The number of halogens is 2. The lowest BCUT2D eigenvalue weighted by Crippen LogP contribution is -2.51. The third-order valence-electron chi connectivity index (χ3n) is 6.30. The Bertz CT molecular complexity index is 1260. The molecule has 0 radical (unpaired) electrons. The maximum absolute atomic E-state index is 14.0. The zero-order valence-corrected chi connectivity index (χ0v) is 19.0. The van der Waals surface area contributed by atoms with Gasteiger partial charge >= 0.3 is 0 Å². The Morgan fingerprint density at radius 2 is 1.69 bits per heavy atom. The number of ether oxygens (including phenoxy) is 2. The molecule has 0 aliphatic carbocycles. The molecule has 2 amide bonds. The lowest BCUT2D eigenvalue weighted by atomic mass is 10.1. The van der Waals surface area contributed by atoms with Crippen LogP contribution in [0, 0.1) is 11.6 Å². The smallest absolute Gasteiger partial charge is 0.276 e. The zero-order chi connectivity index (χ0) is 24.5. The second kappa shape index (κ2) is 9.41. The molecular formula is C24H23F2N5O4. The van der Waals surface area contributed by atoms with Crippen LogP contribution >= 0.6 is 0 Å². The van der Waals surface area contributed by atoms with Crippen LogP contribution in [-0.2, 0) is 17.9 Å². The fraction of sp³-hybridized carbons (Fsp3) is 0.333. The number of hydrogen-bond donors (Lipinski definition) is 0. The number of piperazine rings is 1. The minimum absolute atomic E-state index is 0.183. The summed E-state index contributed by atoms with van der Waals surface area (Å²) >= 11 is 0. The Labute approximate surface area is 199 Å². The van der Waals surface area contributed by atoms with E-state index in [0.717, 1.165) is 29.5 Å². The van der Waals surface area contributed by atoms with Crippen molar-refractivity contribution in [3.63, 3.8) is 0 Å². The molecule has 1 aromatic heterocycles. The van der Waals surface area contributed by atoms with Crippen LogP contribution in [0.25, 0.3) is 0 Å². The summed E-state index contributed by atoms with van der Waals surface area (Å²) in [6.07, 6.45) is -0.226. The second-order valence-corrected chi connectivity index (χ2v) is 8.35. The van der Waals surface area contributed by atoms with Gasteiger partial charge in [0.1, 0.15) is 23.5 Å². The van der Waals surface area contributed by atoms with Gasteiger partial charge in [0.15, 0.2) is 5.69 Å². The molecule has 0 bridgehead atoms. The number of rotatable bonds is 4. The SMILES string of the molecule is COc1ccc([C@@H]2Cn3nnc(C(=O)N4CCN(C(=O)c5cc(F)ccc5F)CC4)c3CO2)cc1. The van der Waals surface area contributed by atoms with E-state index in [-0.39, 0.29) is 56.1 Å². The molecule has 2 aromatic carbocycles. The topological polar surface area (TPSA) is 89.8 Å². The molecule has 5 rings (SSSR count). The van der Waals surface area contributed by atoms with Gasteiger partial charge in [-0.3, -0.25) is 9.59 Å². The highest BCUT2D eigenvalue weighted by atomic mass is 19.1. The second-order valence-electron chi connectivity index (χ2n) is 8.35. The number of hydrogen-bond acceptors (Lipinski definition) is 6. The highest BCUT2D eigenvalue weighted by Crippen LogP contribution is 2.28. The van der Waals surface area contributed by atoms with Gasteiger partial charge in [0.05, 0.1) is 31.5 Å². The molecule has 11 heteroatoms. The van der Waals surface area contributed by atoms with Gasteiger partial charge in [-0.2, -0.15) is 0 Å². The molecular weight excluding hydrogens is 460 g/mol. The van der Waals surface area contributed by atoms with Crippen LogP contribution in [0.15, 0.2) is 42.5 Å². The van der Waals surface area contributed by atoms with Gasteiger partial charge in [-0.05, 0) is 35.9 Å². The van der Waals surface area contributed by atoms with E-state index in [1.165, 1.54) is 4.90 Å². The molecule has 35 heavy (non-hydrogen) atoms. The summed E-state index contributed by atoms with van der Waals surface area (Å²) in [5.41, 5.74) is 1.46. The monoisotopic (exact) mass is 483 g/mol. The lowest BCUT2D eigenvalue weighted by Gasteiger charge is -2.34. The molecule has 1 fully saturated rings. The summed E-state index contributed by atoms with van der Waals surface area (Å²) < 4.78 is 40.3. The van der Waals surface area contributed by atoms with Crippen molar-refractivity contribution in [2.75, 3.05) is 33.3 Å². The Balaban J connectivity index is 1.23. The van der Waals surface area contributed by atoms with Crippen LogP contribution < -0.4 is 4.74 Å². The van der Waals surface area contributed by atoms with Crippen molar-refractivity contribution < 1.29 is 27.8 Å². The van der Waals surface area contributed by atoms with Crippen molar-refractivity contribution in [3.8, 4) is 5.75 Å². The van der Waals surface area contributed by atoms with Crippen molar-refractivity contribution in [3.05, 3.63) is 76.6 Å². The fourth-order valence-electron chi connectivity index (χ4n) is 4.29. The van der Waals surface area contributed by atoms with Crippen LogP contribution in [0.2, 0.25) is 0 Å². The molecule has 0 saturated carbocycles. The normalized spacial score (nSPS) is 17.7. The molecule has 0 spiro atoms. The van der Waals surface area contributed by atoms with Gasteiger partial charge in [0.2, 0.25) is 0 Å². The van der Waals surface area contributed by atoms with Gasteiger partial charge in [-0.15, -0.1) is 5.10 Å². The van der Waals surface area contributed by atoms with E-state index < -0.39 is 17.5 Å². The Morgan fingerprint density at radius 1 is 1.00 bits per heavy atom. The Hall–Kier alpha value is -3.86. The first-order chi connectivity index (χ1) is 16.9. The third kappa shape index (κ3) is 4.46. The molecule has 2 aliphatic rings. The number of fused-ring (bicyclic) bond motifs is 1. The van der Waals surface area contributed by atoms with Gasteiger partial charge < -0.3 is 19.3 Å². The van der Waals surface area contributed by atoms with Gasteiger partial charge in [0, 0.05) is 26.2 Å². The van der Waals surface area contributed by atoms with E-state index in [1.807, 2.05) is 24.3 Å². The number of nitrogens with zero attached hydrogens (tertiary/aromatic N) is 5. The Kier molecular flexibility index (Phi) is 6.16. The van der Waals surface area contributed by atoms with E-state index in [4.69, 9.17) is 9.47 Å². The van der Waals surface area contributed by atoms with E-state index >= 15 is 0 Å². The van der Waals surface area contributed by atoms with E-state index in [1.54, 1.807) is 16.7 Å². The highest BCUT2D eigenvalue weighted by Gasteiger charge is 2.32. The van der Waals surface area contributed by atoms with Gasteiger partial charge in [-0.25, -0.2) is 13.5 Å². The molecule has 9 nitrogen and oxygen atoms in total. The van der Waals surface area contributed by atoms with Crippen molar-refractivity contribution in [1.29, 1.82) is 0 Å². The molecule has 3 aromatic rings. The number of aromatic nitrogens is 3. The molecule has 0 N–H and O–H groups in total. The van der Waals surface area contributed by atoms with Crippen LogP contribution in [0.4, 0.5) is 8.78 Å². The first-order valence-corrected chi connectivity index (χ1v) is 11.2. The summed E-state index contributed by atoms with van der Waals surface area (Å²) in [6.45, 7) is 1.47. The molecule has 182 valence electrons. The van der Waals surface area contributed by atoms with Crippen LogP contribution in [0.5, 0.6) is 5.75 Å². The quantitative estimate of drug-likeness (QED) is 0.566. The maximum atomic E-state index is 14.0. The predicted octanol–water partition coefficient (Wildman–Crippen LogP) is 2.43. The summed E-state index contributed by atoms with van der Waals surface area (Å²) in [4.78, 5) is 28.7. The van der Waals surface area contributed by atoms with Gasteiger partial charge in [0.25, 0.3) is 11.8 Å². The molecule has 0 unspecified atom stereocenters. The molecule has 1 saturated heterocycles. The van der Waals surface area contributed by atoms with E-state index in [0.29, 0.717) is 12.2 Å². The molecule has 2 aliphatic heterocycles. The van der Waals surface area contributed by atoms with Crippen molar-refractivity contribution in [1.82, 2.24) is 24.8 Å². The largest absolute Gasteiger partial charge is 0.497 e. The summed E-state index contributed by atoms with van der Waals surface area (Å²) in [5, 5.41) is 8.26. The number of amides is 2. The number of carbonyl (C=O) groups excluding carboxylic acids is 2. The fourth-order valence-corrected chi connectivity index (χ4v) is 4.29. The number of carbonyl (C=O) groups is 2. The average Bonchev–Trinajstić information content (AvgIpc) is 3.32. The number of benzene rings is 2. The predicted molar refractivity (Wildman–Crippen MR) is 119 cm³/mol. The van der Waals surface area contributed by atoms with Crippen LogP contribution in [-0.4, -0.2) is 69.9 Å². The minimum atomic E-state index is -0.779. The zero-order valence-electron chi connectivity index (χ0n) is 19.0. The third-order valence-corrected chi connectivity index (χ3v) is 6.30. The minimum Gasteiger partial charge on any atom is -0.497 e. The highest BCUT2D eigenvalue weighted by molar-refractivity contribution is 5.95.